The molecule has 0 radical (unpaired) electrons. The number of nitrogens with one attached hydrogen (secondary N) is 1. The fourth-order valence-electron chi connectivity index (χ4n) is 2.78. The second-order valence-corrected chi connectivity index (χ2v) is 5.95. The van der Waals surface area contributed by atoms with E-state index in [2.05, 4.69) is 10.3 Å². The number of aromatic nitrogens is 1. The number of hydrogen-bond donors (Lipinski definition) is 1. The van der Waals surface area contributed by atoms with Crippen LogP contribution in [0.3, 0.4) is 0 Å². The van der Waals surface area contributed by atoms with Crippen LogP contribution >= 0.6 is 0 Å². The minimum absolute atomic E-state index is 0.0398. The van der Waals surface area contributed by atoms with Gasteiger partial charge in [0.15, 0.2) is 0 Å². The predicted molar refractivity (Wildman–Crippen MR) is 99.4 cm³/mol. The molecular formula is C20H17F2N3O2. The van der Waals surface area contributed by atoms with Gasteiger partial charge in [0.2, 0.25) is 11.8 Å². The minimum Gasteiger partial charge on any atom is -0.324 e. The summed E-state index contributed by atoms with van der Waals surface area (Å²) >= 11 is 0. The zero-order valence-corrected chi connectivity index (χ0v) is 14.6. The summed E-state index contributed by atoms with van der Waals surface area (Å²) < 4.78 is 27.0. The third kappa shape index (κ3) is 4.25. The summed E-state index contributed by atoms with van der Waals surface area (Å²) in [5.74, 6) is -2.38. The van der Waals surface area contributed by atoms with E-state index in [4.69, 9.17) is 0 Å². The molecule has 1 N–H and O–H groups in total. The smallest absolute Gasteiger partial charge is 0.226 e. The van der Waals surface area contributed by atoms with E-state index >= 15 is 0 Å². The summed E-state index contributed by atoms with van der Waals surface area (Å²) in [6.45, 7) is 1.22. The zero-order chi connectivity index (χ0) is 19.4. The van der Waals surface area contributed by atoms with Crippen LogP contribution in [0.5, 0.6) is 0 Å². The van der Waals surface area contributed by atoms with Gasteiger partial charge in [0.25, 0.3) is 0 Å². The van der Waals surface area contributed by atoms with Crippen LogP contribution in [-0.2, 0) is 9.59 Å². The van der Waals surface area contributed by atoms with Crippen molar-refractivity contribution in [2.45, 2.75) is 13.3 Å². The lowest BCUT2D eigenvalue weighted by atomic mass is 10.2. The Morgan fingerprint density at radius 3 is 2.63 bits per heavy atom. The van der Waals surface area contributed by atoms with Crippen LogP contribution in [0.1, 0.15) is 13.3 Å². The van der Waals surface area contributed by atoms with E-state index in [0.29, 0.717) is 17.3 Å². The topological polar surface area (TPSA) is 62.3 Å². The average Bonchev–Trinajstić information content (AvgIpc) is 2.63. The monoisotopic (exact) mass is 369 g/mol. The first-order valence-electron chi connectivity index (χ1n) is 8.32. The molecule has 5 nitrogen and oxygen atoms in total. The first-order chi connectivity index (χ1) is 13.0. The zero-order valence-electron chi connectivity index (χ0n) is 14.6. The molecule has 3 aromatic rings. The molecule has 0 fully saturated rings. The Hall–Kier alpha value is -3.35. The van der Waals surface area contributed by atoms with Crippen molar-refractivity contribution in [1.29, 1.82) is 0 Å². The Kier molecular flexibility index (Phi) is 5.40. The number of benzene rings is 2. The van der Waals surface area contributed by atoms with Crippen LogP contribution in [0, 0.1) is 11.6 Å². The van der Waals surface area contributed by atoms with E-state index in [1.807, 2.05) is 12.1 Å². The van der Waals surface area contributed by atoms with Gasteiger partial charge in [0.05, 0.1) is 16.9 Å². The Labute approximate surface area is 154 Å². The molecule has 7 heteroatoms. The van der Waals surface area contributed by atoms with Gasteiger partial charge in [-0.1, -0.05) is 18.2 Å². The molecule has 0 unspecified atom stereocenters. The van der Waals surface area contributed by atoms with Gasteiger partial charge >= 0.3 is 0 Å². The average molecular weight is 369 g/mol. The molecule has 1 aromatic heterocycles. The van der Waals surface area contributed by atoms with Gasteiger partial charge in [-0.2, -0.15) is 0 Å². The van der Waals surface area contributed by atoms with Gasteiger partial charge in [0.1, 0.15) is 11.6 Å². The third-order valence-corrected chi connectivity index (χ3v) is 4.05. The molecule has 2 amide bonds. The van der Waals surface area contributed by atoms with Crippen molar-refractivity contribution in [2.75, 3.05) is 16.8 Å². The van der Waals surface area contributed by atoms with Crippen LogP contribution in [0.4, 0.5) is 20.2 Å². The van der Waals surface area contributed by atoms with Gasteiger partial charge in [-0.15, -0.1) is 0 Å². The lowest BCUT2D eigenvalue weighted by Crippen LogP contribution is -2.32. The molecule has 0 spiro atoms. The van der Waals surface area contributed by atoms with Crippen molar-refractivity contribution in [1.82, 2.24) is 4.98 Å². The molecule has 0 bridgehead atoms. The van der Waals surface area contributed by atoms with Gasteiger partial charge in [-0.25, -0.2) is 8.78 Å². The van der Waals surface area contributed by atoms with Crippen molar-refractivity contribution < 1.29 is 18.4 Å². The largest absolute Gasteiger partial charge is 0.324 e. The lowest BCUT2D eigenvalue weighted by molar-refractivity contribution is -0.117. The normalized spacial score (nSPS) is 10.6. The Bertz CT molecular complexity index is 1000. The number of para-hydroxylation sites is 1. The first-order valence-corrected chi connectivity index (χ1v) is 8.32. The summed E-state index contributed by atoms with van der Waals surface area (Å²) in [5, 5.41) is 3.64. The van der Waals surface area contributed by atoms with Crippen LogP contribution in [0.25, 0.3) is 10.9 Å². The second kappa shape index (κ2) is 7.90. The number of fused-ring (bicyclic) bond motifs is 1. The minimum atomic E-state index is -0.858. The number of anilines is 2. The Morgan fingerprint density at radius 1 is 1.11 bits per heavy atom. The van der Waals surface area contributed by atoms with Gasteiger partial charge in [0, 0.05) is 37.5 Å². The van der Waals surface area contributed by atoms with Crippen molar-refractivity contribution in [3.8, 4) is 0 Å². The molecule has 138 valence electrons. The second-order valence-electron chi connectivity index (χ2n) is 5.95. The Morgan fingerprint density at radius 2 is 1.89 bits per heavy atom. The van der Waals surface area contributed by atoms with E-state index in [9.17, 15) is 18.4 Å². The Balaban J connectivity index is 1.72. The molecule has 0 saturated heterocycles. The van der Waals surface area contributed by atoms with Gasteiger partial charge in [-0.05, 0) is 24.3 Å². The maximum atomic E-state index is 14.0. The maximum Gasteiger partial charge on any atom is 0.226 e. The molecule has 0 aliphatic heterocycles. The molecule has 27 heavy (non-hydrogen) atoms. The quantitative estimate of drug-likeness (QED) is 0.742. The van der Waals surface area contributed by atoms with Crippen molar-refractivity contribution >= 4 is 34.1 Å². The standard InChI is InChI=1S/C20H17F2N3O2/c1-13(26)25(18-8-7-15(21)12-16(18)22)11-9-19(27)24-17-6-2-4-14-5-3-10-23-20(14)17/h2-8,10,12H,9,11H2,1H3,(H,24,27). The molecular weight excluding hydrogens is 352 g/mol. The summed E-state index contributed by atoms with van der Waals surface area (Å²) in [4.78, 5) is 29.5. The third-order valence-electron chi connectivity index (χ3n) is 4.05. The summed E-state index contributed by atoms with van der Waals surface area (Å²) in [6.07, 6.45) is 1.58. The number of hydrogen-bond acceptors (Lipinski definition) is 3. The molecule has 3 rings (SSSR count). The van der Waals surface area contributed by atoms with E-state index in [1.165, 1.54) is 13.0 Å². The van der Waals surface area contributed by atoms with Crippen LogP contribution in [0.2, 0.25) is 0 Å². The molecule has 0 aliphatic rings. The van der Waals surface area contributed by atoms with Crippen molar-refractivity contribution in [3.05, 3.63) is 66.4 Å². The molecule has 0 aliphatic carbocycles. The van der Waals surface area contributed by atoms with E-state index in [0.717, 1.165) is 16.4 Å². The molecule has 2 aromatic carbocycles. The fraction of sp³-hybridized carbons (Fsp3) is 0.150. The fourth-order valence-corrected chi connectivity index (χ4v) is 2.78. The maximum absolute atomic E-state index is 14.0. The number of halogens is 2. The highest BCUT2D eigenvalue weighted by atomic mass is 19.1. The predicted octanol–water partition coefficient (Wildman–Crippen LogP) is 3.89. The molecule has 1 heterocycles. The highest BCUT2D eigenvalue weighted by Gasteiger charge is 2.18. The van der Waals surface area contributed by atoms with Crippen molar-refractivity contribution in [3.63, 3.8) is 0 Å². The number of carbonyl (C=O) groups is 2. The number of rotatable bonds is 5. The van der Waals surface area contributed by atoms with Crippen LogP contribution in [-0.4, -0.2) is 23.3 Å². The molecule has 0 saturated carbocycles. The van der Waals surface area contributed by atoms with Crippen LogP contribution < -0.4 is 10.2 Å². The van der Waals surface area contributed by atoms with Gasteiger partial charge < -0.3 is 10.2 Å². The number of nitrogens with zero attached hydrogens (tertiary/aromatic N) is 2. The van der Waals surface area contributed by atoms with E-state index < -0.39 is 17.5 Å². The summed E-state index contributed by atoms with van der Waals surface area (Å²) in [6, 6.07) is 12.0. The molecule has 0 atom stereocenters. The van der Waals surface area contributed by atoms with Crippen molar-refractivity contribution in [2.24, 2.45) is 0 Å². The summed E-state index contributed by atoms with van der Waals surface area (Å²) in [5.41, 5.74) is 1.14. The van der Waals surface area contributed by atoms with Gasteiger partial charge in [-0.3, -0.25) is 14.6 Å². The van der Waals surface area contributed by atoms with E-state index in [-0.39, 0.29) is 24.6 Å². The van der Waals surface area contributed by atoms with E-state index in [1.54, 1.807) is 24.4 Å². The SMILES string of the molecule is CC(=O)N(CCC(=O)Nc1cccc2cccnc12)c1ccc(F)cc1F. The highest BCUT2D eigenvalue weighted by Crippen LogP contribution is 2.22. The number of pyridine rings is 1. The first kappa shape index (κ1) is 18.4. The summed E-state index contributed by atoms with van der Waals surface area (Å²) in [7, 11) is 0. The number of amides is 2. The van der Waals surface area contributed by atoms with Crippen LogP contribution in [0.15, 0.2) is 54.7 Å². The highest BCUT2D eigenvalue weighted by molar-refractivity contribution is 6.01. The lowest BCUT2D eigenvalue weighted by Gasteiger charge is -2.21. The number of carbonyl (C=O) groups excluding carboxylic acids is 2.